The van der Waals surface area contributed by atoms with Gasteiger partial charge in [-0.2, -0.15) is 11.8 Å². The van der Waals surface area contributed by atoms with Gasteiger partial charge in [-0.05, 0) is 36.1 Å². The van der Waals surface area contributed by atoms with Gasteiger partial charge in [0.05, 0.1) is 12.0 Å². The SMILES string of the molecule is CSCC[C@@H](NC(=O)[C@H](Cc1ccccc1)NC(=O)c1ccccc1)C(=O)[O-]. The third kappa shape index (κ3) is 6.74. The highest BCUT2D eigenvalue weighted by atomic mass is 32.2. The Morgan fingerprint density at radius 1 is 0.929 bits per heavy atom. The molecule has 0 saturated heterocycles. The second-order valence-corrected chi connectivity index (χ2v) is 7.23. The zero-order chi connectivity index (χ0) is 20.4. The van der Waals surface area contributed by atoms with Crippen molar-refractivity contribution in [1.29, 1.82) is 0 Å². The van der Waals surface area contributed by atoms with Gasteiger partial charge in [0, 0.05) is 12.0 Å². The number of nitrogens with one attached hydrogen (secondary N) is 2. The van der Waals surface area contributed by atoms with Gasteiger partial charge in [-0.15, -0.1) is 0 Å². The van der Waals surface area contributed by atoms with Crippen LogP contribution < -0.4 is 15.7 Å². The lowest BCUT2D eigenvalue weighted by atomic mass is 10.0. The molecule has 2 amide bonds. The van der Waals surface area contributed by atoms with E-state index < -0.39 is 29.9 Å². The van der Waals surface area contributed by atoms with Crippen molar-refractivity contribution in [3.63, 3.8) is 0 Å². The van der Waals surface area contributed by atoms with Crippen LogP contribution in [0.1, 0.15) is 22.3 Å². The highest BCUT2D eigenvalue weighted by Crippen LogP contribution is 2.07. The third-order valence-electron chi connectivity index (χ3n) is 4.15. The molecule has 0 bridgehead atoms. The van der Waals surface area contributed by atoms with Crippen LogP contribution >= 0.6 is 11.8 Å². The highest BCUT2D eigenvalue weighted by Gasteiger charge is 2.24. The van der Waals surface area contributed by atoms with Crippen molar-refractivity contribution >= 4 is 29.5 Å². The predicted octanol–water partition coefficient (Wildman–Crippen LogP) is 1.02. The molecular weight excluding hydrogens is 376 g/mol. The molecule has 0 unspecified atom stereocenters. The Hall–Kier alpha value is -2.80. The lowest BCUT2D eigenvalue weighted by Gasteiger charge is -2.24. The van der Waals surface area contributed by atoms with Gasteiger partial charge >= 0.3 is 0 Å². The fourth-order valence-electron chi connectivity index (χ4n) is 2.65. The number of carbonyl (C=O) groups is 3. The fourth-order valence-corrected chi connectivity index (χ4v) is 3.12. The van der Waals surface area contributed by atoms with Crippen LogP contribution in [-0.2, 0) is 16.0 Å². The Morgan fingerprint density at radius 2 is 1.54 bits per heavy atom. The second kappa shape index (κ2) is 11.1. The standard InChI is InChI=1S/C21H24N2O4S/c1-28-13-12-17(21(26)27)22-20(25)18(14-15-8-4-2-5-9-15)23-19(24)16-10-6-3-7-11-16/h2-11,17-18H,12-14H2,1H3,(H,22,25)(H,23,24)(H,26,27)/p-1/t17-,18+/m1/s1. The normalized spacial score (nSPS) is 12.6. The maximum Gasteiger partial charge on any atom is 0.251 e. The van der Waals surface area contributed by atoms with Gasteiger partial charge in [0.15, 0.2) is 0 Å². The van der Waals surface area contributed by atoms with Crippen molar-refractivity contribution in [2.75, 3.05) is 12.0 Å². The Bertz CT molecular complexity index is 784. The van der Waals surface area contributed by atoms with Gasteiger partial charge in [0.1, 0.15) is 6.04 Å². The quantitative estimate of drug-likeness (QED) is 0.621. The van der Waals surface area contributed by atoms with Crippen LogP contribution in [0.15, 0.2) is 60.7 Å². The lowest BCUT2D eigenvalue weighted by molar-refractivity contribution is -0.308. The van der Waals surface area contributed by atoms with Gasteiger partial charge in [0.25, 0.3) is 5.91 Å². The molecule has 6 nitrogen and oxygen atoms in total. The number of carbonyl (C=O) groups excluding carboxylic acids is 3. The number of amides is 2. The number of hydrogen-bond acceptors (Lipinski definition) is 5. The average molecular weight is 399 g/mol. The lowest BCUT2D eigenvalue weighted by Crippen LogP contribution is -2.55. The first kappa shape index (κ1) is 21.5. The monoisotopic (exact) mass is 399 g/mol. The Balaban J connectivity index is 2.15. The van der Waals surface area contributed by atoms with Crippen LogP contribution in [0.4, 0.5) is 0 Å². The molecule has 0 aromatic heterocycles. The average Bonchev–Trinajstić information content (AvgIpc) is 2.71. The summed E-state index contributed by atoms with van der Waals surface area (Å²) in [6, 6.07) is 15.8. The van der Waals surface area contributed by atoms with E-state index in [2.05, 4.69) is 10.6 Å². The van der Waals surface area contributed by atoms with Crippen molar-refractivity contribution in [3.8, 4) is 0 Å². The van der Waals surface area contributed by atoms with E-state index in [0.29, 0.717) is 11.3 Å². The topological polar surface area (TPSA) is 98.3 Å². The van der Waals surface area contributed by atoms with Gasteiger partial charge in [-0.25, -0.2) is 0 Å². The summed E-state index contributed by atoms with van der Waals surface area (Å²) in [6.07, 6.45) is 2.35. The van der Waals surface area contributed by atoms with E-state index in [1.165, 1.54) is 11.8 Å². The molecule has 0 aliphatic carbocycles. The zero-order valence-corrected chi connectivity index (χ0v) is 16.4. The number of carboxylic acid groups (broad SMARTS) is 1. The number of aliphatic carboxylic acids is 1. The zero-order valence-electron chi connectivity index (χ0n) is 15.6. The first-order valence-corrected chi connectivity index (χ1v) is 10.3. The van der Waals surface area contributed by atoms with E-state index in [9.17, 15) is 19.5 Å². The molecule has 0 fully saturated rings. The molecule has 0 saturated carbocycles. The largest absolute Gasteiger partial charge is 0.548 e. The third-order valence-corrected chi connectivity index (χ3v) is 4.80. The summed E-state index contributed by atoms with van der Waals surface area (Å²) < 4.78 is 0. The van der Waals surface area contributed by atoms with Crippen molar-refractivity contribution in [1.82, 2.24) is 10.6 Å². The van der Waals surface area contributed by atoms with E-state index in [4.69, 9.17) is 0 Å². The molecular formula is C21H23N2O4S-. The molecule has 2 atom stereocenters. The van der Waals surface area contributed by atoms with E-state index in [0.717, 1.165) is 5.56 Å². The van der Waals surface area contributed by atoms with Gasteiger partial charge < -0.3 is 20.5 Å². The molecule has 0 aliphatic rings. The van der Waals surface area contributed by atoms with Gasteiger partial charge in [-0.1, -0.05) is 48.5 Å². The maximum atomic E-state index is 12.8. The summed E-state index contributed by atoms with van der Waals surface area (Å²) in [5.74, 6) is -1.72. The summed E-state index contributed by atoms with van der Waals surface area (Å²) in [7, 11) is 0. The minimum atomic E-state index is -1.34. The van der Waals surface area contributed by atoms with E-state index in [1.807, 2.05) is 36.6 Å². The Labute approximate surface area is 168 Å². The summed E-state index contributed by atoms with van der Waals surface area (Å²) in [6.45, 7) is 0. The number of benzene rings is 2. The number of carboxylic acids is 1. The van der Waals surface area contributed by atoms with Crippen LogP contribution in [-0.4, -0.2) is 41.9 Å². The van der Waals surface area contributed by atoms with Crippen molar-refractivity contribution < 1.29 is 19.5 Å². The molecule has 0 radical (unpaired) electrons. The molecule has 0 heterocycles. The molecule has 0 aliphatic heterocycles. The fraction of sp³-hybridized carbons (Fsp3) is 0.286. The highest BCUT2D eigenvalue weighted by molar-refractivity contribution is 7.98. The molecule has 148 valence electrons. The minimum Gasteiger partial charge on any atom is -0.548 e. The van der Waals surface area contributed by atoms with Crippen LogP contribution in [0, 0.1) is 0 Å². The van der Waals surface area contributed by atoms with E-state index >= 15 is 0 Å². The molecule has 0 spiro atoms. The van der Waals surface area contributed by atoms with E-state index in [-0.39, 0.29) is 12.8 Å². The number of thioether (sulfide) groups is 1. The molecule has 2 N–H and O–H groups in total. The Kier molecular flexibility index (Phi) is 8.55. The van der Waals surface area contributed by atoms with Crippen molar-refractivity contribution in [2.45, 2.75) is 24.9 Å². The molecule has 2 rings (SSSR count). The van der Waals surface area contributed by atoms with Crippen LogP contribution in [0.25, 0.3) is 0 Å². The van der Waals surface area contributed by atoms with Crippen molar-refractivity contribution in [2.24, 2.45) is 0 Å². The summed E-state index contributed by atoms with van der Waals surface area (Å²) >= 11 is 1.48. The number of hydrogen-bond donors (Lipinski definition) is 2. The summed E-state index contributed by atoms with van der Waals surface area (Å²) in [5, 5.41) is 16.6. The van der Waals surface area contributed by atoms with Crippen LogP contribution in [0.3, 0.4) is 0 Å². The second-order valence-electron chi connectivity index (χ2n) is 6.24. The molecule has 2 aromatic rings. The van der Waals surface area contributed by atoms with E-state index in [1.54, 1.807) is 30.3 Å². The molecule has 7 heteroatoms. The van der Waals surface area contributed by atoms with Crippen LogP contribution in [0.5, 0.6) is 0 Å². The summed E-state index contributed by atoms with van der Waals surface area (Å²) in [5.41, 5.74) is 1.28. The smallest absolute Gasteiger partial charge is 0.251 e. The first-order valence-electron chi connectivity index (χ1n) is 8.91. The first-order chi connectivity index (χ1) is 13.5. The molecule has 2 aromatic carbocycles. The van der Waals surface area contributed by atoms with Gasteiger partial charge in [-0.3, -0.25) is 9.59 Å². The number of rotatable bonds is 10. The molecule has 28 heavy (non-hydrogen) atoms. The van der Waals surface area contributed by atoms with Crippen LogP contribution in [0.2, 0.25) is 0 Å². The predicted molar refractivity (Wildman–Crippen MR) is 108 cm³/mol. The maximum absolute atomic E-state index is 12.8. The summed E-state index contributed by atoms with van der Waals surface area (Å²) in [4.78, 5) is 36.6. The minimum absolute atomic E-state index is 0.244. The van der Waals surface area contributed by atoms with Crippen molar-refractivity contribution in [3.05, 3.63) is 71.8 Å². The van der Waals surface area contributed by atoms with Gasteiger partial charge in [0.2, 0.25) is 5.91 Å². The Morgan fingerprint density at radius 3 is 2.11 bits per heavy atom.